The zero-order valence-corrected chi connectivity index (χ0v) is 16.7. The molecular formula is C22H25ClN2O3. The first kappa shape index (κ1) is 18.0. The minimum atomic E-state index is -0.146. The van der Waals surface area contributed by atoms with Crippen LogP contribution in [0.3, 0.4) is 0 Å². The highest BCUT2D eigenvalue weighted by Crippen LogP contribution is 2.53. The number of nitrogens with one attached hydrogen (secondary N) is 1. The first-order chi connectivity index (χ1) is 13.6. The van der Waals surface area contributed by atoms with E-state index in [1.54, 1.807) is 19.1 Å². The molecule has 4 aliphatic rings. The van der Waals surface area contributed by atoms with E-state index in [9.17, 15) is 4.79 Å². The Hall–Kier alpha value is -2.01. The van der Waals surface area contributed by atoms with Crippen LogP contribution in [0, 0.1) is 30.6 Å². The number of carbonyl (C=O) groups excluding carboxylic acids is 1. The molecule has 148 valence electrons. The molecule has 28 heavy (non-hydrogen) atoms. The van der Waals surface area contributed by atoms with Crippen LogP contribution >= 0.6 is 11.6 Å². The van der Waals surface area contributed by atoms with E-state index in [1.807, 2.05) is 12.1 Å². The number of aryl methyl sites for hydroxylation is 1. The van der Waals surface area contributed by atoms with Gasteiger partial charge in [-0.25, -0.2) is 0 Å². The molecule has 6 rings (SSSR count). The fourth-order valence-corrected chi connectivity index (χ4v) is 6.02. The lowest BCUT2D eigenvalue weighted by Crippen LogP contribution is -2.55. The van der Waals surface area contributed by atoms with Crippen molar-refractivity contribution >= 4 is 17.5 Å². The third kappa shape index (κ3) is 3.20. The van der Waals surface area contributed by atoms with E-state index >= 15 is 0 Å². The largest absolute Gasteiger partial charge is 0.487 e. The Balaban J connectivity index is 1.30. The van der Waals surface area contributed by atoms with E-state index in [0.717, 1.165) is 11.8 Å². The van der Waals surface area contributed by atoms with Crippen LogP contribution in [0.4, 0.5) is 0 Å². The van der Waals surface area contributed by atoms with Crippen LogP contribution in [0.15, 0.2) is 28.8 Å². The van der Waals surface area contributed by atoms with Gasteiger partial charge < -0.3 is 14.6 Å². The van der Waals surface area contributed by atoms with Crippen LogP contribution in [-0.4, -0.2) is 17.1 Å². The lowest BCUT2D eigenvalue weighted by molar-refractivity contribution is -0.0120. The second-order valence-corrected chi connectivity index (χ2v) is 9.12. The molecule has 4 fully saturated rings. The van der Waals surface area contributed by atoms with Gasteiger partial charge in [0.2, 0.25) is 0 Å². The van der Waals surface area contributed by atoms with Crippen LogP contribution < -0.4 is 10.1 Å². The van der Waals surface area contributed by atoms with Gasteiger partial charge in [0, 0.05) is 6.04 Å². The van der Waals surface area contributed by atoms with Crippen molar-refractivity contribution in [3.8, 4) is 5.75 Å². The van der Waals surface area contributed by atoms with Crippen molar-refractivity contribution in [3.05, 3.63) is 46.3 Å². The zero-order chi connectivity index (χ0) is 19.3. The number of rotatable bonds is 5. The van der Waals surface area contributed by atoms with E-state index < -0.39 is 0 Å². The lowest BCUT2D eigenvalue weighted by Gasteiger charge is -2.54. The normalized spacial score (nSPS) is 30.4. The Morgan fingerprint density at radius 2 is 1.86 bits per heavy atom. The summed E-state index contributed by atoms with van der Waals surface area (Å²) >= 11 is 6.16. The Kier molecular flexibility index (Phi) is 4.58. The summed E-state index contributed by atoms with van der Waals surface area (Å²) in [7, 11) is 0. The standard InChI is InChI=1S/C22H25ClN2O3/c1-12-17(11-27-19-5-3-2-4-18(19)23)21(25-28-12)22(26)24-20-15-7-13-6-14(9-15)10-16(20)8-13/h2-5,13-16,20H,6-11H2,1H3,(H,24,26). The van der Waals surface area contributed by atoms with E-state index in [4.69, 9.17) is 20.9 Å². The molecule has 0 atom stereocenters. The van der Waals surface area contributed by atoms with Crippen LogP contribution in [0.25, 0.3) is 0 Å². The minimum Gasteiger partial charge on any atom is -0.487 e. The maximum absolute atomic E-state index is 13.0. The number of benzene rings is 1. The van der Waals surface area contributed by atoms with Crippen LogP contribution in [-0.2, 0) is 6.61 Å². The maximum atomic E-state index is 13.0. The molecule has 2 aromatic rings. The first-order valence-electron chi connectivity index (χ1n) is 10.2. The average Bonchev–Trinajstić information content (AvgIpc) is 3.04. The highest BCUT2D eigenvalue weighted by Gasteiger charge is 2.48. The van der Waals surface area contributed by atoms with Gasteiger partial charge >= 0.3 is 0 Å². The molecular weight excluding hydrogens is 376 g/mol. The van der Waals surface area contributed by atoms with Crippen molar-refractivity contribution in [2.45, 2.75) is 51.7 Å². The van der Waals surface area contributed by atoms with Gasteiger partial charge in [0.05, 0.1) is 10.6 Å². The fourth-order valence-electron chi connectivity index (χ4n) is 5.83. The van der Waals surface area contributed by atoms with E-state index in [1.165, 1.54) is 32.1 Å². The summed E-state index contributed by atoms with van der Waals surface area (Å²) in [5.41, 5.74) is 1.01. The highest BCUT2D eigenvalue weighted by molar-refractivity contribution is 6.32. The molecule has 0 aliphatic heterocycles. The summed E-state index contributed by atoms with van der Waals surface area (Å²) in [6.45, 7) is 2.00. The molecule has 1 aromatic carbocycles. The summed E-state index contributed by atoms with van der Waals surface area (Å²) in [6, 6.07) is 7.57. The molecule has 1 aromatic heterocycles. The minimum absolute atomic E-state index is 0.146. The molecule has 4 saturated carbocycles. The maximum Gasteiger partial charge on any atom is 0.274 e. The Morgan fingerprint density at radius 3 is 2.54 bits per heavy atom. The number of hydrogen-bond acceptors (Lipinski definition) is 4. The predicted octanol–water partition coefficient (Wildman–Crippen LogP) is 4.77. The second kappa shape index (κ2) is 7.11. The lowest BCUT2D eigenvalue weighted by atomic mass is 9.54. The molecule has 0 radical (unpaired) electrons. The van der Waals surface area contributed by atoms with Gasteiger partial charge in [-0.3, -0.25) is 4.79 Å². The Bertz CT molecular complexity index is 866. The van der Waals surface area contributed by atoms with Gasteiger partial charge in [-0.05, 0) is 74.8 Å². The van der Waals surface area contributed by atoms with Gasteiger partial charge in [0.25, 0.3) is 5.91 Å². The molecule has 4 bridgehead atoms. The van der Waals surface area contributed by atoms with E-state index in [2.05, 4.69) is 10.5 Å². The topological polar surface area (TPSA) is 64.4 Å². The first-order valence-corrected chi connectivity index (χ1v) is 10.6. The molecule has 4 aliphatic carbocycles. The van der Waals surface area contributed by atoms with Crippen LogP contribution in [0.2, 0.25) is 5.02 Å². The van der Waals surface area contributed by atoms with Crippen molar-refractivity contribution in [3.63, 3.8) is 0 Å². The van der Waals surface area contributed by atoms with Gasteiger partial charge in [-0.2, -0.15) is 0 Å². The van der Waals surface area contributed by atoms with Crippen LogP contribution in [0.5, 0.6) is 5.75 Å². The predicted molar refractivity (Wildman–Crippen MR) is 105 cm³/mol. The van der Waals surface area contributed by atoms with E-state index in [-0.39, 0.29) is 18.6 Å². The van der Waals surface area contributed by atoms with Gasteiger partial charge in [0.1, 0.15) is 18.1 Å². The third-order valence-corrected chi connectivity index (χ3v) is 7.25. The number of ether oxygens (including phenoxy) is 1. The van der Waals surface area contributed by atoms with Crippen molar-refractivity contribution in [2.24, 2.45) is 23.7 Å². The number of nitrogens with zero attached hydrogens (tertiary/aromatic N) is 1. The summed E-state index contributed by atoms with van der Waals surface area (Å²) in [5.74, 6) is 4.03. The summed E-state index contributed by atoms with van der Waals surface area (Å²) in [5, 5.41) is 7.87. The highest BCUT2D eigenvalue weighted by atomic mass is 35.5. The van der Waals surface area contributed by atoms with Gasteiger partial charge in [0.15, 0.2) is 5.69 Å². The Morgan fingerprint density at radius 1 is 1.18 bits per heavy atom. The average molecular weight is 401 g/mol. The monoisotopic (exact) mass is 400 g/mol. The molecule has 1 heterocycles. The van der Waals surface area contributed by atoms with Crippen molar-refractivity contribution < 1.29 is 14.1 Å². The molecule has 1 amide bonds. The third-order valence-electron chi connectivity index (χ3n) is 6.93. The zero-order valence-electron chi connectivity index (χ0n) is 16.0. The van der Waals surface area contributed by atoms with Crippen molar-refractivity contribution in [1.29, 1.82) is 0 Å². The number of para-hydroxylation sites is 1. The van der Waals surface area contributed by atoms with Crippen molar-refractivity contribution in [1.82, 2.24) is 10.5 Å². The molecule has 6 heteroatoms. The van der Waals surface area contributed by atoms with Crippen molar-refractivity contribution in [2.75, 3.05) is 0 Å². The van der Waals surface area contributed by atoms with Gasteiger partial charge in [-0.15, -0.1) is 0 Å². The summed E-state index contributed by atoms with van der Waals surface area (Å²) < 4.78 is 11.1. The summed E-state index contributed by atoms with van der Waals surface area (Å²) in [4.78, 5) is 13.0. The number of hydrogen-bond donors (Lipinski definition) is 1. The van der Waals surface area contributed by atoms with Crippen LogP contribution in [0.1, 0.15) is 53.9 Å². The quantitative estimate of drug-likeness (QED) is 0.785. The second-order valence-electron chi connectivity index (χ2n) is 8.71. The molecule has 1 N–H and O–H groups in total. The molecule has 0 saturated heterocycles. The number of halogens is 1. The molecule has 0 unspecified atom stereocenters. The number of amides is 1. The molecule has 5 nitrogen and oxygen atoms in total. The number of aromatic nitrogens is 1. The van der Waals surface area contributed by atoms with E-state index in [0.29, 0.717) is 39.6 Å². The van der Waals surface area contributed by atoms with Gasteiger partial charge in [-0.1, -0.05) is 28.9 Å². The fraction of sp³-hybridized carbons (Fsp3) is 0.545. The summed E-state index contributed by atoms with van der Waals surface area (Å²) in [6.07, 6.45) is 6.45. The SMILES string of the molecule is Cc1onc(C(=O)NC2C3CC4CC(C3)CC2C4)c1COc1ccccc1Cl. The number of carbonyl (C=O) groups is 1. The Labute approximate surface area is 169 Å². The smallest absolute Gasteiger partial charge is 0.274 e. The molecule has 0 spiro atoms.